The fourth-order valence-electron chi connectivity index (χ4n) is 3.21. The maximum Gasteiger partial charge on any atom is 0.268 e. The number of hydrogen-bond donors (Lipinski definition) is 2. The molecule has 0 radical (unpaired) electrons. The summed E-state index contributed by atoms with van der Waals surface area (Å²) >= 11 is 0. The molecule has 5 heteroatoms. The summed E-state index contributed by atoms with van der Waals surface area (Å²) in [5.41, 5.74) is 1.56. The number of carbonyl (C=O) groups excluding carboxylic acids is 1. The summed E-state index contributed by atoms with van der Waals surface area (Å²) in [5, 5.41) is 13.8. The van der Waals surface area contributed by atoms with Crippen LogP contribution in [0, 0.1) is 5.92 Å². The van der Waals surface area contributed by atoms with Crippen molar-refractivity contribution < 1.29 is 14.6 Å². The van der Waals surface area contributed by atoms with Crippen LogP contribution in [0.3, 0.4) is 0 Å². The highest BCUT2D eigenvalue weighted by atomic mass is 16.5. The van der Waals surface area contributed by atoms with Crippen LogP contribution in [-0.2, 0) is 4.79 Å². The fourth-order valence-corrected chi connectivity index (χ4v) is 3.21. The number of hydrogen-bond acceptors (Lipinski definition) is 4. The van der Waals surface area contributed by atoms with Gasteiger partial charge in [0.25, 0.3) is 5.91 Å². The van der Waals surface area contributed by atoms with E-state index in [1.807, 2.05) is 32.0 Å². The van der Waals surface area contributed by atoms with Crippen molar-refractivity contribution in [3.05, 3.63) is 23.8 Å². The highest BCUT2D eigenvalue weighted by Gasteiger charge is 2.35. The van der Waals surface area contributed by atoms with E-state index in [-0.39, 0.29) is 17.9 Å². The predicted molar refractivity (Wildman–Crippen MR) is 85.1 cm³/mol. The number of likely N-dealkylation sites (N-methyl/N-ethyl adjacent to an activating group) is 1. The number of nitrogens with one attached hydrogen (secondary N) is 1. The molecule has 0 bridgehead atoms. The van der Waals surface area contributed by atoms with Gasteiger partial charge in [-0.05, 0) is 43.0 Å². The van der Waals surface area contributed by atoms with Gasteiger partial charge in [0.15, 0.2) is 6.10 Å². The zero-order chi connectivity index (χ0) is 15.9. The third-order valence-corrected chi connectivity index (χ3v) is 4.60. The Kier molecular flexibility index (Phi) is 4.10. The van der Waals surface area contributed by atoms with Crippen molar-refractivity contribution in [2.24, 2.45) is 5.92 Å². The Bertz CT molecular complexity index is 567. The molecule has 1 saturated heterocycles. The molecule has 1 fully saturated rings. The maximum atomic E-state index is 12.4. The zero-order valence-electron chi connectivity index (χ0n) is 13.4. The number of rotatable bonds is 3. The molecule has 0 spiro atoms. The van der Waals surface area contributed by atoms with Crippen molar-refractivity contribution in [2.75, 3.05) is 18.5 Å². The van der Waals surface area contributed by atoms with E-state index in [1.165, 1.54) is 0 Å². The number of nitrogens with zero attached hydrogens (tertiary/aromatic N) is 1. The average molecular weight is 304 g/mol. The number of ether oxygens (including phenoxy) is 1. The molecule has 2 aliphatic rings. The van der Waals surface area contributed by atoms with Crippen LogP contribution in [0.15, 0.2) is 18.2 Å². The summed E-state index contributed by atoms with van der Waals surface area (Å²) < 4.78 is 5.85. The van der Waals surface area contributed by atoms with Gasteiger partial charge in [0.2, 0.25) is 0 Å². The largest absolute Gasteiger partial charge is 0.478 e. The smallest absolute Gasteiger partial charge is 0.268 e. The van der Waals surface area contributed by atoms with Crippen molar-refractivity contribution in [1.82, 2.24) is 5.32 Å². The lowest BCUT2D eigenvalue weighted by Gasteiger charge is -2.34. The minimum Gasteiger partial charge on any atom is -0.478 e. The van der Waals surface area contributed by atoms with E-state index in [0.29, 0.717) is 5.75 Å². The highest BCUT2D eigenvalue weighted by molar-refractivity contribution is 5.99. The molecule has 2 heterocycles. The van der Waals surface area contributed by atoms with Crippen LogP contribution < -0.4 is 15.0 Å². The molecule has 0 saturated carbocycles. The molecule has 5 nitrogen and oxygen atoms in total. The summed E-state index contributed by atoms with van der Waals surface area (Å²) in [6.07, 6.45) is 1.06. The van der Waals surface area contributed by atoms with Crippen LogP contribution in [0.25, 0.3) is 0 Å². The van der Waals surface area contributed by atoms with E-state index >= 15 is 0 Å². The zero-order valence-corrected chi connectivity index (χ0v) is 13.4. The van der Waals surface area contributed by atoms with Gasteiger partial charge in [-0.3, -0.25) is 4.79 Å². The number of aliphatic hydroxyl groups excluding tert-OH is 1. The quantitative estimate of drug-likeness (QED) is 0.894. The van der Waals surface area contributed by atoms with Gasteiger partial charge in [0.05, 0.1) is 11.8 Å². The monoisotopic (exact) mass is 304 g/mol. The SMILES string of the molecule is CC(C)C1Oc2ccc(C(O)C3CCCN3)cc2N(C)C1=O. The van der Waals surface area contributed by atoms with Gasteiger partial charge in [-0.15, -0.1) is 0 Å². The first-order chi connectivity index (χ1) is 10.5. The Hall–Kier alpha value is -1.59. The number of carbonyl (C=O) groups is 1. The third-order valence-electron chi connectivity index (χ3n) is 4.60. The van der Waals surface area contributed by atoms with E-state index in [9.17, 15) is 9.90 Å². The summed E-state index contributed by atoms with van der Waals surface area (Å²) in [5.74, 6) is 0.792. The first-order valence-corrected chi connectivity index (χ1v) is 7.98. The standard InChI is InChI=1S/C17H24N2O3/c1-10(2)16-17(21)19(3)13-9-11(6-7-14(13)22-16)15(20)12-5-4-8-18-12/h6-7,9-10,12,15-16,18,20H,4-5,8H2,1-3H3. The Labute approximate surface area is 131 Å². The molecule has 2 aliphatic heterocycles. The normalized spacial score (nSPS) is 26.0. The van der Waals surface area contributed by atoms with Crippen molar-refractivity contribution in [1.29, 1.82) is 0 Å². The maximum absolute atomic E-state index is 12.4. The Morgan fingerprint density at radius 3 is 2.82 bits per heavy atom. The molecular formula is C17H24N2O3. The van der Waals surface area contributed by atoms with E-state index in [1.54, 1.807) is 11.9 Å². The lowest BCUT2D eigenvalue weighted by molar-refractivity contribution is -0.127. The molecule has 22 heavy (non-hydrogen) atoms. The van der Waals surface area contributed by atoms with Crippen LogP contribution in [0.2, 0.25) is 0 Å². The minimum atomic E-state index is -0.556. The van der Waals surface area contributed by atoms with Gasteiger partial charge in [0, 0.05) is 13.1 Å². The summed E-state index contributed by atoms with van der Waals surface area (Å²) in [6.45, 7) is 4.90. The van der Waals surface area contributed by atoms with Gasteiger partial charge in [-0.2, -0.15) is 0 Å². The molecule has 3 rings (SSSR count). The number of aliphatic hydroxyl groups is 1. The van der Waals surface area contributed by atoms with Crippen LogP contribution in [0.4, 0.5) is 5.69 Å². The number of fused-ring (bicyclic) bond motifs is 1. The van der Waals surface area contributed by atoms with Crippen molar-refractivity contribution >= 4 is 11.6 Å². The van der Waals surface area contributed by atoms with E-state index in [2.05, 4.69) is 5.32 Å². The van der Waals surface area contributed by atoms with Gasteiger partial charge in [0.1, 0.15) is 5.75 Å². The molecule has 0 aromatic heterocycles. The summed E-state index contributed by atoms with van der Waals surface area (Å²) in [6, 6.07) is 5.71. The molecule has 1 aromatic carbocycles. The summed E-state index contributed by atoms with van der Waals surface area (Å²) in [7, 11) is 1.77. The van der Waals surface area contributed by atoms with Crippen molar-refractivity contribution in [3.63, 3.8) is 0 Å². The molecule has 3 atom stereocenters. The fraction of sp³-hybridized carbons (Fsp3) is 0.588. The van der Waals surface area contributed by atoms with E-state index in [0.717, 1.165) is 30.6 Å². The number of amides is 1. The molecule has 0 aliphatic carbocycles. The van der Waals surface area contributed by atoms with Crippen molar-refractivity contribution in [3.8, 4) is 5.75 Å². The number of benzene rings is 1. The van der Waals surface area contributed by atoms with Gasteiger partial charge < -0.3 is 20.1 Å². The first-order valence-electron chi connectivity index (χ1n) is 7.98. The predicted octanol–water partition coefficient (Wildman–Crippen LogP) is 1.85. The first kappa shape index (κ1) is 15.3. The molecular weight excluding hydrogens is 280 g/mol. The van der Waals surface area contributed by atoms with Crippen molar-refractivity contribution in [2.45, 2.75) is 44.9 Å². The van der Waals surface area contributed by atoms with Gasteiger partial charge >= 0.3 is 0 Å². The molecule has 1 aromatic rings. The summed E-state index contributed by atoms with van der Waals surface area (Å²) in [4.78, 5) is 14.0. The van der Waals surface area contributed by atoms with Crippen LogP contribution in [0.1, 0.15) is 38.4 Å². The second kappa shape index (κ2) is 5.89. The third kappa shape index (κ3) is 2.59. The van der Waals surface area contributed by atoms with Crippen LogP contribution in [0.5, 0.6) is 5.75 Å². The van der Waals surface area contributed by atoms with Crippen LogP contribution in [-0.4, -0.2) is 36.8 Å². The van der Waals surface area contributed by atoms with Crippen LogP contribution >= 0.6 is 0 Å². The highest BCUT2D eigenvalue weighted by Crippen LogP contribution is 2.37. The van der Waals surface area contributed by atoms with Gasteiger partial charge in [-0.1, -0.05) is 19.9 Å². The molecule has 2 N–H and O–H groups in total. The van der Waals surface area contributed by atoms with E-state index in [4.69, 9.17) is 4.74 Å². The molecule has 3 unspecified atom stereocenters. The lowest BCUT2D eigenvalue weighted by Crippen LogP contribution is -2.46. The second-order valence-corrected chi connectivity index (χ2v) is 6.55. The minimum absolute atomic E-state index is 0.0341. The van der Waals surface area contributed by atoms with E-state index < -0.39 is 12.2 Å². The molecule has 120 valence electrons. The Morgan fingerprint density at radius 2 is 2.18 bits per heavy atom. The lowest BCUT2D eigenvalue weighted by atomic mass is 9.98. The van der Waals surface area contributed by atoms with Gasteiger partial charge in [-0.25, -0.2) is 0 Å². The molecule has 1 amide bonds. The topological polar surface area (TPSA) is 61.8 Å². The average Bonchev–Trinajstić information content (AvgIpc) is 3.03. The second-order valence-electron chi connectivity index (χ2n) is 6.55. The number of anilines is 1. The Balaban J connectivity index is 1.89. The Morgan fingerprint density at radius 1 is 1.41 bits per heavy atom.